The van der Waals surface area contributed by atoms with Gasteiger partial charge in [-0.3, -0.25) is 0 Å². The van der Waals surface area contributed by atoms with E-state index < -0.39 is 0 Å². The number of rotatable bonds is 2. The summed E-state index contributed by atoms with van der Waals surface area (Å²) in [4.78, 5) is 0. The quantitative estimate of drug-likeness (QED) is 0.611. The van der Waals surface area contributed by atoms with E-state index in [1.54, 1.807) is 0 Å². The number of hydrogen-bond acceptors (Lipinski definition) is 2. The van der Waals surface area contributed by atoms with Gasteiger partial charge in [-0.15, -0.1) is 0 Å². The molecule has 0 aromatic rings. The third kappa shape index (κ3) is 1.09. The molecule has 0 unspecified atom stereocenters. The summed E-state index contributed by atoms with van der Waals surface area (Å²) in [5.74, 6) is 3.47. The minimum absolute atomic E-state index is 0.808. The number of hydrogen-bond donors (Lipinski definition) is 2. The van der Waals surface area contributed by atoms with Gasteiger partial charge in [0.1, 0.15) is 0 Å². The van der Waals surface area contributed by atoms with Crippen molar-refractivity contribution in [3.63, 3.8) is 0 Å². The molecule has 11 heavy (non-hydrogen) atoms. The Hall–Kier alpha value is -0.0800. The van der Waals surface area contributed by atoms with E-state index in [2.05, 4.69) is 0 Å². The Labute approximate surface area is 68.3 Å². The van der Waals surface area contributed by atoms with E-state index in [-0.39, 0.29) is 0 Å². The van der Waals surface area contributed by atoms with E-state index in [1.807, 2.05) is 0 Å². The molecule has 2 rings (SSSR count). The van der Waals surface area contributed by atoms with Crippen LogP contribution in [0.3, 0.4) is 0 Å². The monoisotopic (exact) mass is 154 g/mol. The van der Waals surface area contributed by atoms with Gasteiger partial charge in [0, 0.05) is 0 Å². The van der Waals surface area contributed by atoms with Crippen molar-refractivity contribution in [1.82, 2.24) is 0 Å². The first-order chi connectivity index (χ1) is 5.35. The van der Waals surface area contributed by atoms with E-state index >= 15 is 0 Å². The fourth-order valence-corrected chi connectivity index (χ4v) is 3.19. The van der Waals surface area contributed by atoms with Gasteiger partial charge in [-0.05, 0) is 56.0 Å². The number of fused-ring (bicyclic) bond motifs is 2. The van der Waals surface area contributed by atoms with Crippen LogP contribution >= 0.6 is 0 Å². The van der Waals surface area contributed by atoms with E-state index in [0.717, 1.165) is 36.8 Å². The number of nitrogens with two attached hydrogens (primary N) is 2. The maximum absolute atomic E-state index is 5.70. The molecule has 64 valence electrons. The van der Waals surface area contributed by atoms with Crippen molar-refractivity contribution in [3.05, 3.63) is 0 Å². The first kappa shape index (κ1) is 7.56. The van der Waals surface area contributed by atoms with Crippen LogP contribution < -0.4 is 11.5 Å². The van der Waals surface area contributed by atoms with Gasteiger partial charge in [0.25, 0.3) is 0 Å². The van der Waals surface area contributed by atoms with Crippen LogP contribution in [-0.2, 0) is 0 Å². The normalized spacial score (nSPS) is 48.5. The van der Waals surface area contributed by atoms with Crippen LogP contribution in [0.1, 0.15) is 19.3 Å². The van der Waals surface area contributed by atoms with Crippen molar-refractivity contribution in [2.45, 2.75) is 19.3 Å². The maximum Gasteiger partial charge on any atom is -0.00460 e. The molecule has 0 aromatic heterocycles. The second-order valence-corrected chi connectivity index (χ2v) is 4.23. The molecule has 2 bridgehead atoms. The van der Waals surface area contributed by atoms with Crippen LogP contribution in [0, 0.1) is 23.7 Å². The third-order valence-electron chi connectivity index (χ3n) is 3.69. The van der Waals surface area contributed by atoms with Crippen molar-refractivity contribution in [2.75, 3.05) is 13.1 Å². The molecule has 0 saturated heterocycles. The minimum Gasteiger partial charge on any atom is -0.330 e. The highest BCUT2D eigenvalue weighted by molar-refractivity contribution is 4.95. The summed E-state index contributed by atoms with van der Waals surface area (Å²) in [5.41, 5.74) is 11.4. The Kier molecular flexibility index (Phi) is 1.90. The zero-order chi connectivity index (χ0) is 7.84. The lowest BCUT2D eigenvalue weighted by atomic mass is 9.81. The van der Waals surface area contributed by atoms with Gasteiger partial charge in [-0.25, -0.2) is 0 Å². The van der Waals surface area contributed by atoms with Crippen LogP contribution in [0.5, 0.6) is 0 Å². The molecule has 0 aliphatic heterocycles. The first-order valence-corrected chi connectivity index (χ1v) is 4.75. The molecule has 2 fully saturated rings. The molecule has 2 saturated carbocycles. The predicted octanol–water partition coefficient (Wildman–Crippen LogP) is 0.566. The fourth-order valence-electron chi connectivity index (χ4n) is 3.19. The van der Waals surface area contributed by atoms with Gasteiger partial charge in [-0.1, -0.05) is 0 Å². The average molecular weight is 154 g/mol. The molecule has 0 amide bonds. The zero-order valence-corrected chi connectivity index (χ0v) is 7.00. The highest BCUT2D eigenvalue weighted by atomic mass is 14.7. The molecule has 0 heterocycles. The largest absolute Gasteiger partial charge is 0.330 e. The summed E-state index contributed by atoms with van der Waals surface area (Å²) in [6, 6.07) is 0. The third-order valence-corrected chi connectivity index (χ3v) is 3.69. The predicted molar refractivity (Wildman–Crippen MR) is 45.9 cm³/mol. The maximum atomic E-state index is 5.70. The smallest absolute Gasteiger partial charge is 0.00460 e. The van der Waals surface area contributed by atoms with Gasteiger partial charge in [0.2, 0.25) is 0 Å². The molecule has 0 aromatic carbocycles. The lowest BCUT2D eigenvalue weighted by Crippen LogP contribution is -2.30. The highest BCUT2D eigenvalue weighted by Crippen LogP contribution is 2.50. The van der Waals surface area contributed by atoms with Gasteiger partial charge in [-0.2, -0.15) is 0 Å². The molecule has 2 atom stereocenters. The molecule has 0 radical (unpaired) electrons. The van der Waals surface area contributed by atoms with Gasteiger partial charge in [0.15, 0.2) is 0 Å². The summed E-state index contributed by atoms with van der Waals surface area (Å²) in [6.07, 6.45) is 4.19. The van der Waals surface area contributed by atoms with Crippen LogP contribution in [0.15, 0.2) is 0 Å². The Bertz CT molecular complexity index is 132. The van der Waals surface area contributed by atoms with Crippen LogP contribution in [-0.4, -0.2) is 13.1 Å². The van der Waals surface area contributed by atoms with E-state index in [9.17, 15) is 0 Å². The van der Waals surface area contributed by atoms with E-state index in [0.29, 0.717) is 0 Å². The van der Waals surface area contributed by atoms with Crippen LogP contribution in [0.2, 0.25) is 0 Å². The summed E-state index contributed by atoms with van der Waals surface area (Å²) in [5, 5.41) is 0. The van der Waals surface area contributed by atoms with Crippen molar-refractivity contribution in [3.8, 4) is 0 Å². The van der Waals surface area contributed by atoms with Gasteiger partial charge in [0.05, 0.1) is 0 Å². The van der Waals surface area contributed by atoms with E-state index in [4.69, 9.17) is 11.5 Å². The molecule has 2 aliphatic rings. The van der Waals surface area contributed by atoms with Gasteiger partial charge >= 0.3 is 0 Å². The molecular weight excluding hydrogens is 136 g/mol. The summed E-state index contributed by atoms with van der Waals surface area (Å²) in [7, 11) is 0. The summed E-state index contributed by atoms with van der Waals surface area (Å²) >= 11 is 0. The second kappa shape index (κ2) is 2.76. The van der Waals surface area contributed by atoms with E-state index in [1.165, 1.54) is 19.3 Å². The van der Waals surface area contributed by atoms with Crippen LogP contribution in [0.4, 0.5) is 0 Å². The molecule has 2 nitrogen and oxygen atoms in total. The van der Waals surface area contributed by atoms with Crippen molar-refractivity contribution in [1.29, 1.82) is 0 Å². The Morgan fingerprint density at radius 2 is 1.45 bits per heavy atom. The SMILES string of the molecule is NC[C@@H]1CC2CC1[C@H](CN)C2. The van der Waals surface area contributed by atoms with Crippen molar-refractivity contribution >= 4 is 0 Å². The Morgan fingerprint density at radius 3 is 1.82 bits per heavy atom. The molecule has 2 heteroatoms. The zero-order valence-electron chi connectivity index (χ0n) is 7.00. The summed E-state index contributed by atoms with van der Waals surface area (Å²) in [6.45, 7) is 1.77. The van der Waals surface area contributed by atoms with Gasteiger partial charge < -0.3 is 11.5 Å². The minimum atomic E-state index is 0.808. The lowest BCUT2D eigenvalue weighted by molar-refractivity contribution is 0.249. The van der Waals surface area contributed by atoms with Crippen LogP contribution in [0.25, 0.3) is 0 Å². The Morgan fingerprint density at radius 1 is 0.909 bits per heavy atom. The summed E-state index contributed by atoms with van der Waals surface area (Å²) < 4.78 is 0. The first-order valence-electron chi connectivity index (χ1n) is 4.75. The highest BCUT2D eigenvalue weighted by Gasteiger charge is 2.44. The molecule has 0 spiro atoms. The topological polar surface area (TPSA) is 52.0 Å². The molecule has 4 N–H and O–H groups in total. The Balaban J connectivity index is 2.02. The van der Waals surface area contributed by atoms with Crippen molar-refractivity contribution < 1.29 is 0 Å². The second-order valence-electron chi connectivity index (χ2n) is 4.23. The fraction of sp³-hybridized carbons (Fsp3) is 1.00. The standard InChI is InChI=1S/C9H18N2/c10-4-7-1-6-2-8(5-11)9(7)3-6/h6-9H,1-5,10-11H2/t6?,7-,8-,9?/m0/s1. The van der Waals surface area contributed by atoms with Crippen molar-refractivity contribution in [2.24, 2.45) is 35.1 Å². The molecule has 2 aliphatic carbocycles. The molecular formula is C9H18N2. The lowest BCUT2D eigenvalue weighted by Gasteiger charge is -2.27. The average Bonchev–Trinajstić information content (AvgIpc) is 2.60.